The molecule has 0 radical (unpaired) electrons. The van der Waals surface area contributed by atoms with Crippen LogP contribution in [0.1, 0.15) is 26.5 Å². The molecular weight excluding hydrogens is 278 g/mol. The Hall–Kier alpha value is -1.49. The zero-order chi connectivity index (χ0) is 15.2. The van der Waals surface area contributed by atoms with Crippen molar-refractivity contribution in [1.29, 1.82) is 5.26 Å². The molecule has 20 heavy (non-hydrogen) atoms. The van der Waals surface area contributed by atoms with E-state index in [0.29, 0.717) is 13.2 Å². The molecule has 1 atom stereocenters. The van der Waals surface area contributed by atoms with E-state index in [1.165, 1.54) is 18.3 Å². The largest absolute Gasteiger partial charge is 0.380 e. The molecule has 0 fully saturated rings. The molecule has 1 N–H and O–H groups in total. The average Bonchev–Trinajstić information content (AvgIpc) is 2.43. The first-order chi connectivity index (χ1) is 9.40. The van der Waals surface area contributed by atoms with Gasteiger partial charge in [-0.3, -0.25) is 0 Å². The highest BCUT2D eigenvalue weighted by Gasteiger charge is 2.22. The van der Waals surface area contributed by atoms with E-state index in [4.69, 9.17) is 10.00 Å². The third kappa shape index (κ3) is 4.56. The predicted octanol–water partition coefficient (Wildman–Crippen LogP) is 1.29. The maximum Gasteiger partial charge on any atom is 0.242 e. The van der Waals surface area contributed by atoms with Crippen LogP contribution < -0.4 is 4.72 Å². The fourth-order valence-electron chi connectivity index (χ4n) is 1.48. The van der Waals surface area contributed by atoms with Gasteiger partial charge in [-0.25, -0.2) is 18.1 Å². The Bertz CT molecular complexity index is 562. The summed E-state index contributed by atoms with van der Waals surface area (Å²) in [6.45, 7) is 6.55. The fourth-order valence-corrected chi connectivity index (χ4v) is 2.79. The van der Waals surface area contributed by atoms with Crippen LogP contribution in [0.2, 0.25) is 0 Å². The number of pyridine rings is 1. The molecule has 0 saturated carbocycles. The second-order valence-electron chi connectivity index (χ2n) is 4.62. The lowest BCUT2D eigenvalue weighted by Gasteiger charge is -2.21. The molecule has 0 bridgehead atoms. The molecule has 7 heteroatoms. The number of nitrogens with zero attached hydrogens (tertiary/aromatic N) is 2. The van der Waals surface area contributed by atoms with Gasteiger partial charge >= 0.3 is 0 Å². The minimum absolute atomic E-state index is 0.0404. The van der Waals surface area contributed by atoms with Crippen LogP contribution in [-0.2, 0) is 14.8 Å². The smallest absolute Gasteiger partial charge is 0.242 e. The van der Waals surface area contributed by atoms with Crippen molar-refractivity contribution >= 4 is 10.0 Å². The number of rotatable bonds is 7. The highest BCUT2D eigenvalue weighted by atomic mass is 32.2. The van der Waals surface area contributed by atoms with Crippen molar-refractivity contribution < 1.29 is 13.2 Å². The number of nitriles is 1. The van der Waals surface area contributed by atoms with E-state index in [1.807, 2.05) is 26.8 Å². The number of nitrogens with one attached hydrogen (secondary N) is 1. The number of ether oxygens (including phenoxy) is 1. The number of hydrogen-bond acceptors (Lipinski definition) is 5. The molecular formula is C13H19N3O3S. The average molecular weight is 297 g/mol. The van der Waals surface area contributed by atoms with Crippen molar-refractivity contribution in [3.63, 3.8) is 0 Å². The van der Waals surface area contributed by atoms with Crippen molar-refractivity contribution in [2.45, 2.75) is 31.7 Å². The van der Waals surface area contributed by atoms with E-state index in [-0.39, 0.29) is 22.5 Å². The fraction of sp³-hybridized carbons (Fsp3) is 0.538. The lowest BCUT2D eigenvalue weighted by Crippen LogP contribution is -2.41. The lowest BCUT2D eigenvalue weighted by molar-refractivity contribution is 0.116. The molecule has 1 heterocycles. The SMILES string of the molecule is CCOCC(NS(=O)(=O)c1ccc(C#N)nc1)C(C)C. The van der Waals surface area contributed by atoms with Crippen LogP contribution in [0.15, 0.2) is 23.2 Å². The minimum atomic E-state index is -3.66. The maximum atomic E-state index is 12.2. The summed E-state index contributed by atoms with van der Waals surface area (Å²) in [7, 11) is -3.66. The van der Waals surface area contributed by atoms with Gasteiger partial charge in [0.2, 0.25) is 10.0 Å². The first kappa shape index (κ1) is 16.6. The van der Waals surface area contributed by atoms with Crippen LogP contribution >= 0.6 is 0 Å². The summed E-state index contributed by atoms with van der Waals surface area (Å²) in [5.41, 5.74) is 0.179. The monoisotopic (exact) mass is 297 g/mol. The van der Waals surface area contributed by atoms with Crippen molar-refractivity contribution in [3.8, 4) is 6.07 Å². The van der Waals surface area contributed by atoms with E-state index in [0.717, 1.165) is 0 Å². The Morgan fingerprint density at radius 3 is 2.60 bits per heavy atom. The van der Waals surface area contributed by atoms with E-state index in [1.54, 1.807) is 0 Å². The first-order valence-corrected chi connectivity index (χ1v) is 7.85. The topological polar surface area (TPSA) is 92.1 Å². The highest BCUT2D eigenvalue weighted by Crippen LogP contribution is 2.11. The second kappa shape index (κ2) is 7.33. The van der Waals surface area contributed by atoms with Gasteiger partial charge in [-0.15, -0.1) is 0 Å². The summed E-state index contributed by atoms with van der Waals surface area (Å²) >= 11 is 0. The Kier molecular flexibility index (Phi) is 6.07. The second-order valence-corrected chi connectivity index (χ2v) is 6.34. The third-order valence-electron chi connectivity index (χ3n) is 2.77. The Morgan fingerprint density at radius 2 is 2.15 bits per heavy atom. The molecule has 0 aliphatic rings. The Morgan fingerprint density at radius 1 is 1.45 bits per heavy atom. The molecule has 1 rings (SSSR count). The van der Waals surface area contributed by atoms with E-state index < -0.39 is 10.0 Å². The van der Waals surface area contributed by atoms with Crippen LogP contribution in [0, 0.1) is 17.2 Å². The van der Waals surface area contributed by atoms with Crippen molar-refractivity contribution in [2.24, 2.45) is 5.92 Å². The summed E-state index contributed by atoms with van der Waals surface area (Å²) in [5, 5.41) is 8.65. The van der Waals surface area contributed by atoms with E-state index >= 15 is 0 Å². The quantitative estimate of drug-likeness (QED) is 0.818. The van der Waals surface area contributed by atoms with Gasteiger partial charge in [-0.2, -0.15) is 5.26 Å². The molecule has 0 spiro atoms. The summed E-state index contributed by atoms with van der Waals surface area (Å²) in [5.74, 6) is 0.0997. The van der Waals surface area contributed by atoms with Crippen LogP contribution in [0.5, 0.6) is 0 Å². The van der Waals surface area contributed by atoms with Crippen LogP contribution in [0.3, 0.4) is 0 Å². The van der Waals surface area contributed by atoms with Crippen LogP contribution in [0.25, 0.3) is 0 Å². The first-order valence-electron chi connectivity index (χ1n) is 6.37. The van der Waals surface area contributed by atoms with Gasteiger partial charge in [0, 0.05) is 18.8 Å². The molecule has 6 nitrogen and oxygen atoms in total. The van der Waals surface area contributed by atoms with Gasteiger partial charge in [-0.1, -0.05) is 13.8 Å². The highest BCUT2D eigenvalue weighted by molar-refractivity contribution is 7.89. The summed E-state index contributed by atoms with van der Waals surface area (Å²) < 4.78 is 32.3. The Labute approximate surface area is 119 Å². The standard InChI is InChI=1S/C13H19N3O3S/c1-4-19-9-13(10(2)3)16-20(17,18)12-6-5-11(7-14)15-8-12/h5-6,8,10,13,16H,4,9H2,1-3H3. The van der Waals surface area contributed by atoms with Gasteiger partial charge < -0.3 is 4.74 Å². The summed E-state index contributed by atoms with van der Waals surface area (Å²) in [4.78, 5) is 3.81. The molecule has 1 unspecified atom stereocenters. The molecule has 110 valence electrons. The maximum absolute atomic E-state index is 12.2. The minimum Gasteiger partial charge on any atom is -0.380 e. The molecule has 0 aromatic carbocycles. The third-order valence-corrected chi connectivity index (χ3v) is 4.25. The Balaban J connectivity index is 2.88. The molecule has 0 aliphatic carbocycles. The van der Waals surface area contributed by atoms with E-state index in [2.05, 4.69) is 9.71 Å². The summed E-state index contributed by atoms with van der Waals surface area (Å²) in [6.07, 6.45) is 1.18. The predicted molar refractivity (Wildman–Crippen MR) is 74.4 cm³/mol. The molecule has 1 aromatic rings. The van der Waals surface area contributed by atoms with Gasteiger partial charge in [-0.05, 0) is 25.0 Å². The zero-order valence-corrected chi connectivity index (χ0v) is 12.6. The van der Waals surface area contributed by atoms with Gasteiger partial charge in [0.1, 0.15) is 16.7 Å². The molecule has 0 saturated heterocycles. The number of sulfonamides is 1. The van der Waals surface area contributed by atoms with Gasteiger partial charge in [0.15, 0.2) is 0 Å². The molecule has 0 amide bonds. The van der Waals surface area contributed by atoms with Crippen molar-refractivity contribution in [2.75, 3.05) is 13.2 Å². The van der Waals surface area contributed by atoms with Gasteiger partial charge in [0.25, 0.3) is 0 Å². The van der Waals surface area contributed by atoms with E-state index in [9.17, 15) is 8.42 Å². The molecule has 1 aromatic heterocycles. The normalized spacial score (nSPS) is 13.2. The number of aromatic nitrogens is 1. The van der Waals surface area contributed by atoms with Crippen molar-refractivity contribution in [1.82, 2.24) is 9.71 Å². The van der Waals surface area contributed by atoms with Crippen LogP contribution in [0.4, 0.5) is 0 Å². The lowest BCUT2D eigenvalue weighted by atomic mass is 10.1. The van der Waals surface area contributed by atoms with Gasteiger partial charge in [0.05, 0.1) is 6.61 Å². The molecule has 0 aliphatic heterocycles. The summed E-state index contributed by atoms with van der Waals surface area (Å²) in [6, 6.07) is 4.28. The zero-order valence-electron chi connectivity index (χ0n) is 11.8. The van der Waals surface area contributed by atoms with Crippen molar-refractivity contribution in [3.05, 3.63) is 24.0 Å². The van der Waals surface area contributed by atoms with Crippen LogP contribution in [-0.4, -0.2) is 32.7 Å². The number of hydrogen-bond donors (Lipinski definition) is 1.